The molecule has 2 aromatic carbocycles. The molecular formula is C28H33Cl2N5O4. The topological polar surface area (TPSA) is 116 Å². The van der Waals surface area contributed by atoms with Crippen LogP contribution in [-0.4, -0.2) is 57.5 Å². The fraction of sp³-hybridized carbons (Fsp3) is 0.429. The predicted octanol–water partition coefficient (Wildman–Crippen LogP) is 5.88. The van der Waals surface area contributed by atoms with E-state index in [1.807, 2.05) is 13.0 Å². The normalized spacial score (nSPS) is 16.3. The number of fused-ring (bicyclic) bond motifs is 1. The lowest BCUT2D eigenvalue weighted by Gasteiger charge is -2.26. The fourth-order valence-corrected chi connectivity index (χ4v) is 5.02. The molecule has 0 radical (unpaired) electrons. The van der Waals surface area contributed by atoms with Crippen LogP contribution >= 0.6 is 23.2 Å². The molecule has 4 rings (SSSR count). The Labute approximate surface area is 237 Å². The van der Waals surface area contributed by atoms with Crippen LogP contribution in [0.15, 0.2) is 36.4 Å². The van der Waals surface area contributed by atoms with Gasteiger partial charge < -0.3 is 25.3 Å². The Morgan fingerprint density at radius 2 is 1.95 bits per heavy atom. The minimum atomic E-state index is -0.570. The molecule has 3 amide bonds. The number of hydrogen-bond donors (Lipinski definition) is 3. The number of nitrogens with one attached hydrogen (secondary N) is 3. The molecule has 2 heterocycles. The van der Waals surface area contributed by atoms with E-state index in [-0.39, 0.29) is 22.9 Å². The summed E-state index contributed by atoms with van der Waals surface area (Å²) in [5.74, 6) is 0.0647. The maximum absolute atomic E-state index is 13.3. The molecule has 1 aliphatic rings. The molecule has 3 aromatic rings. The van der Waals surface area contributed by atoms with Crippen LogP contribution in [0.5, 0.6) is 0 Å². The Kier molecular flexibility index (Phi) is 8.71. The predicted molar refractivity (Wildman–Crippen MR) is 151 cm³/mol. The Bertz CT molecular complexity index is 1380. The molecule has 3 N–H and O–H groups in total. The number of hydrogen-bond acceptors (Lipinski definition) is 5. The zero-order valence-corrected chi connectivity index (χ0v) is 23.9. The van der Waals surface area contributed by atoms with E-state index < -0.39 is 17.7 Å². The number of aromatic nitrogens is 2. The highest BCUT2D eigenvalue weighted by Crippen LogP contribution is 2.27. The standard InChI is InChI=1S/C28H33Cl2N5O4/c1-16(24-33-22-10-8-18(29)15-23(22)34-24)32-25(36)17-7-9-20(21(30)14-17)26(37)35-13-5-6-19(35)11-12-31-27(38)39-28(2,3)4/h7-10,14-16,19H,5-6,11-13H2,1-4H3,(H,31,38)(H,32,36)(H,33,34)/t16-,19?/m0/s1. The van der Waals surface area contributed by atoms with E-state index in [1.165, 1.54) is 6.07 Å². The van der Waals surface area contributed by atoms with Crippen molar-refractivity contribution in [2.24, 2.45) is 0 Å². The number of imidazole rings is 1. The monoisotopic (exact) mass is 573 g/mol. The first-order chi connectivity index (χ1) is 18.4. The van der Waals surface area contributed by atoms with Crippen molar-refractivity contribution in [1.82, 2.24) is 25.5 Å². The quantitative estimate of drug-likeness (QED) is 0.326. The van der Waals surface area contributed by atoms with Gasteiger partial charge in [0, 0.05) is 29.7 Å². The van der Waals surface area contributed by atoms with E-state index in [2.05, 4.69) is 20.6 Å². The Balaban J connectivity index is 1.36. The number of benzene rings is 2. The highest BCUT2D eigenvalue weighted by molar-refractivity contribution is 6.34. The van der Waals surface area contributed by atoms with Crippen LogP contribution in [-0.2, 0) is 4.74 Å². The van der Waals surface area contributed by atoms with Crippen LogP contribution in [0.1, 0.15) is 79.5 Å². The van der Waals surface area contributed by atoms with Gasteiger partial charge in [-0.2, -0.15) is 0 Å². The molecule has 1 aliphatic heterocycles. The summed E-state index contributed by atoms with van der Waals surface area (Å²) < 4.78 is 5.27. The van der Waals surface area contributed by atoms with Gasteiger partial charge in [0.15, 0.2) is 0 Å². The number of ether oxygens (including phenoxy) is 1. The summed E-state index contributed by atoms with van der Waals surface area (Å²) in [5.41, 5.74) is 1.64. The maximum atomic E-state index is 13.3. The van der Waals surface area contributed by atoms with Gasteiger partial charge in [0.2, 0.25) is 0 Å². The van der Waals surface area contributed by atoms with Gasteiger partial charge in [-0.05, 0) is 83.4 Å². The first-order valence-electron chi connectivity index (χ1n) is 12.9. The van der Waals surface area contributed by atoms with Crippen LogP contribution in [0, 0.1) is 0 Å². The highest BCUT2D eigenvalue weighted by atomic mass is 35.5. The van der Waals surface area contributed by atoms with Crippen molar-refractivity contribution in [3.05, 3.63) is 63.4 Å². The molecule has 1 aromatic heterocycles. The number of amides is 3. The molecule has 9 nitrogen and oxygen atoms in total. The number of carbonyl (C=O) groups excluding carboxylic acids is 3. The lowest BCUT2D eigenvalue weighted by molar-refractivity contribution is 0.0523. The Morgan fingerprint density at radius 3 is 2.67 bits per heavy atom. The molecule has 208 valence electrons. The van der Waals surface area contributed by atoms with Crippen LogP contribution in [0.25, 0.3) is 11.0 Å². The van der Waals surface area contributed by atoms with Gasteiger partial charge in [0.25, 0.3) is 11.8 Å². The van der Waals surface area contributed by atoms with Crippen molar-refractivity contribution in [1.29, 1.82) is 0 Å². The first kappa shape index (κ1) is 28.7. The second kappa shape index (κ2) is 11.8. The zero-order chi connectivity index (χ0) is 28.3. The maximum Gasteiger partial charge on any atom is 0.407 e. The largest absolute Gasteiger partial charge is 0.444 e. The molecule has 0 aliphatic carbocycles. The summed E-state index contributed by atoms with van der Waals surface area (Å²) >= 11 is 12.5. The van der Waals surface area contributed by atoms with Crippen molar-refractivity contribution in [3.63, 3.8) is 0 Å². The van der Waals surface area contributed by atoms with Gasteiger partial charge in [-0.25, -0.2) is 9.78 Å². The number of likely N-dealkylation sites (tertiary alicyclic amines) is 1. The zero-order valence-electron chi connectivity index (χ0n) is 22.4. The van der Waals surface area contributed by atoms with E-state index in [1.54, 1.807) is 49.9 Å². The number of nitrogens with zero attached hydrogens (tertiary/aromatic N) is 2. The van der Waals surface area contributed by atoms with Gasteiger partial charge in [-0.15, -0.1) is 0 Å². The molecule has 0 saturated carbocycles. The molecule has 1 unspecified atom stereocenters. The van der Waals surface area contributed by atoms with Crippen LogP contribution in [0.4, 0.5) is 4.79 Å². The smallest absolute Gasteiger partial charge is 0.407 e. The summed E-state index contributed by atoms with van der Waals surface area (Å²) in [5, 5.41) is 6.45. The van der Waals surface area contributed by atoms with E-state index in [9.17, 15) is 14.4 Å². The number of carbonyl (C=O) groups is 3. The molecule has 1 fully saturated rings. The third kappa shape index (κ3) is 7.22. The third-order valence-corrected chi connectivity index (χ3v) is 7.01. The van der Waals surface area contributed by atoms with Crippen molar-refractivity contribution < 1.29 is 19.1 Å². The van der Waals surface area contributed by atoms with Crippen LogP contribution < -0.4 is 10.6 Å². The van der Waals surface area contributed by atoms with Gasteiger partial charge >= 0.3 is 6.09 Å². The van der Waals surface area contributed by atoms with E-state index in [0.29, 0.717) is 47.0 Å². The van der Waals surface area contributed by atoms with Gasteiger partial charge in [0.1, 0.15) is 11.4 Å². The number of alkyl carbamates (subject to hydrolysis) is 1. The number of aromatic amines is 1. The molecule has 0 bridgehead atoms. The Morgan fingerprint density at radius 1 is 1.18 bits per heavy atom. The van der Waals surface area contributed by atoms with Gasteiger partial charge in [-0.1, -0.05) is 23.2 Å². The second-order valence-electron chi connectivity index (χ2n) is 10.7. The van der Waals surface area contributed by atoms with Crippen LogP contribution in [0.2, 0.25) is 10.0 Å². The lowest BCUT2D eigenvalue weighted by Crippen LogP contribution is -2.39. The van der Waals surface area contributed by atoms with Crippen LogP contribution in [0.3, 0.4) is 0 Å². The van der Waals surface area contributed by atoms with E-state index >= 15 is 0 Å². The minimum absolute atomic E-state index is 0.0222. The number of H-pyrrole nitrogens is 1. The minimum Gasteiger partial charge on any atom is -0.444 e. The summed E-state index contributed by atoms with van der Waals surface area (Å²) in [6.45, 7) is 8.24. The highest BCUT2D eigenvalue weighted by Gasteiger charge is 2.30. The summed E-state index contributed by atoms with van der Waals surface area (Å²) in [7, 11) is 0. The average molecular weight is 575 g/mol. The number of rotatable bonds is 7. The molecule has 0 spiro atoms. The SMILES string of the molecule is C[C@H](NC(=O)c1ccc(C(=O)N2CCCC2CCNC(=O)OC(C)(C)C)c(Cl)c1)c1nc2cc(Cl)ccc2[nH]1. The number of halogens is 2. The molecule has 11 heteroatoms. The summed E-state index contributed by atoms with van der Waals surface area (Å²) in [6.07, 6.45) is 1.84. The van der Waals surface area contributed by atoms with E-state index in [4.69, 9.17) is 27.9 Å². The summed E-state index contributed by atoms with van der Waals surface area (Å²) in [6, 6.07) is 9.62. The van der Waals surface area contributed by atoms with Crippen molar-refractivity contribution in [3.8, 4) is 0 Å². The molecule has 39 heavy (non-hydrogen) atoms. The van der Waals surface area contributed by atoms with Gasteiger partial charge in [-0.3, -0.25) is 9.59 Å². The first-order valence-corrected chi connectivity index (χ1v) is 13.7. The lowest BCUT2D eigenvalue weighted by atomic mass is 10.1. The molecular weight excluding hydrogens is 541 g/mol. The third-order valence-electron chi connectivity index (χ3n) is 6.47. The Hall–Kier alpha value is -3.30. The van der Waals surface area contributed by atoms with Crippen molar-refractivity contribution in [2.45, 2.75) is 64.6 Å². The molecule has 2 atom stereocenters. The van der Waals surface area contributed by atoms with Crippen molar-refractivity contribution in [2.75, 3.05) is 13.1 Å². The molecule has 1 saturated heterocycles. The average Bonchev–Trinajstić information content (AvgIpc) is 3.49. The second-order valence-corrected chi connectivity index (χ2v) is 11.5. The van der Waals surface area contributed by atoms with Crippen molar-refractivity contribution >= 4 is 52.1 Å². The van der Waals surface area contributed by atoms with Gasteiger partial charge in [0.05, 0.1) is 27.7 Å². The van der Waals surface area contributed by atoms with E-state index in [0.717, 1.165) is 18.4 Å². The fourth-order valence-electron chi connectivity index (χ4n) is 4.59. The summed E-state index contributed by atoms with van der Waals surface area (Å²) in [4.78, 5) is 47.7.